The molecular formula is C12H14ClN3O3. The number of carboxylic acid groups (broad SMARTS) is 1. The maximum Gasteiger partial charge on any atom is 0.317 e. The number of hydrogen-bond acceptors (Lipinski definition) is 4. The first-order chi connectivity index (χ1) is 9.06. The minimum Gasteiger partial charge on any atom is -0.480 e. The molecule has 0 unspecified atom stereocenters. The van der Waals surface area contributed by atoms with Gasteiger partial charge in [-0.2, -0.15) is 0 Å². The van der Waals surface area contributed by atoms with Crippen LogP contribution in [0.1, 0.15) is 10.5 Å². The molecule has 7 heteroatoms. The number of carbonyl (C=O) groups is 2. The van der Waals surface area contributed by atoms with Gasteiger partial charge in [-0.3, -0.25) is 14.5 Å². The first-order valence-corrected chi connectivity index (χ1v) is 6.30. The van der Waals surface area contributed by atoms with Gasteiger partial charge in [-0.15, -0.1) is 0 Å². The molecule has 1 aliphatic heterocycles. The molecule has 0 spiro atoms. The van der Waals surface area contributed by atoms with Crippen LogP contribution in [0.15, 0.2) is 18.2 Å². The lowest BCUT2D eigenvalue weighted by molar-refractivity contribution is -0.138. The van der Waals surface area contributed by atoms with Crippen molar-refractivity contribution in [3.63, 3.8) is 0 Å². The molecule has 1 aromatic heterocycles. The smallest absolute Gasteiger partial charge is 0.317 e. The number of aromatic nitrogens is 1. The Morgan fingerprint density at radius 2 is 1.95 bits per heavy atom. The number of pyridine rings is 1. The largest absolute Gasteiger partial charge is 0.480 e. The zero-order chi connectivity index (χ0) is 13.8. The molecule has 0 atom stereocenters. The highest BCUT2D eigenvalue weighted by Crippen LogP contribution is 2.10. The maximum atomic E-state index is 12.2. The molecule has 1 N–H and O–H groups in total. The van der Waals surface area contributed by atoms with Crippen LogP contribution >= 0.6 is 11.6 Å². The van der Waals surface area contributed by atoms with E-state index in [-0.39, 0.29) is 17.6 Å². The second-order valence-electron chi connectivity index (χ2n) is 4.31. The van der Waals surface area contributed by atoms with Gasteiger partial charge in [0.25, 0.3) is 5.91 Å². The molecule has 0 saturated carbocycles. The number of halogens is 1. The van der Waals surface area contributed by atoms with Crippen LogP contribution in [-0.2, 0) is 4.79 Å². The van der Waals surface area contributed by atoms with Gasteiger partial charge in [0, 0.05) is 26.2 Å². The first kappa shape index (κ1) is 13.8. The molecule has 0 radical (unpaired) electrons. The number of piperazine rings is 1. The number of carbonyl (C=O) groups excluding carboxylic acids is 1. The first-order valence-electron chi connectivity index (χ1n) is 5.92. The predicted molar refractivity (Wildman–Crippen MR) is 69.2 cm³/mol. The Kier molecular flexibility index (Phi) is 4.34. The molecule has 0 aromatic carbocycles. The topological polar surface area (TPSA) is 73.7 Å². The third-order valence-electron chi connectivity index (χ3n) is 2.95. The summed E-state index contributed by atoms with van der Waals surface area (Å²) in [7, 11) is 0. The molecule has 0 aliphatic carbocycles. The third-order valence-corrected chi connectivity index (χ3v) is 3.16. The van der Waals surface area contributed by atoms with Crippen molar-refractivity contribution in [1.29, 1.82) is 0 Å². The fourth-order valence-electron chi connectivity index (χ4n) is 1.99. The summed E-state index contributed by atoms with van der Waals surface area (Å²) in [4.78, 5) is 30.2. The van der Waals surface area contributed by atoms with E-state index in [1.165, 1.54) is 0 Å². The summed E-state index contributed by atoms with van der Waals surface area (Å²) in [5.41, 5.74) is 0.319. The van der Waals surface area contributed by atoms with E-state index in [2.05, 4.69) is 4.98 Å². The lowest BCUT2D eigenvalue weighted by atomic mass is 10.2. The zero-order valence-corrected chi connectivity index (χ0v) is 11.0. The van der Waals surface area contributed by atoms with Crippen molar-refractivity contribution in [2.45, 2.75) is 0 Å². The lowest BCUT2D eigenvalue weighted by Gasteiger charge is -2.33. The van der Waals surface area contributed by atoms with E-state index < -0.39 is 5.97 Å². The standard InChI is InChI=1S/C12H14ClN3O3/c13-10-3-1-2-9(14-10)12(19)16-6-4-15(5-7-16)8-11(17)18/h1-3H,4-8H2,(H,17,18). The van der Waals surface area contributed by atoms with Gasteiger partial charge in [0.05, 0.1) is 6.54 Å². The van der Waals surface area contributed by atoms with Crippen LogP contribution in [0.3, 0.4) is 0 Å². The number of nitrogens with zero attached hydrogens (tertiary/aromatic N) is 3. The molecule has 2 rings (SSSR count). The van der Waals surface area contributed by atoms with Crippen molar-refractivity contribution in [3.05, 3.63) is 29.0 Å². The van der Waals surface area contributed by atoms with Gasteiger partial charge in [0.2, 0.25) is 0 Å². The number of aliphatic carboxylic acids is 1. The van der Waals surface area contributed by atoms with E-state index >= 15 is 0 Å². The quantitative estimate of drug-likeness (QED) is 0.822. The van der Waals surface area contributed by atoms with Crippen LogP contribution in [0.5, 0.6) is 0 Å². The van der Waals surface area contributed by atoms with Crippen molar-refractivity contribution >= 4 is 23.5 Å². The second-order valence-corrected chi connectivity index (χ2v) is 4.69. The van der Waals surface area contributed by atoms with E-state index in [1.807, 2.05) is 0 Å². The third kappa shape index (κ3) is 3.65. The Hall–Kier alpha value is -1.66. The molecule has 102 valence electrons. The van der Waals surface area contributed by atoms with Crippen molar-refractivity contribution in [2.75, 3.05) is 32.7 Å². The maximum absolute atomic E-state index is 12.2. The van der Waals surface area contributed by atoms with Gasteiger partial charge in [0.1, 0.15) is 10.8 Å². The minimum absolute atomic E-state index is 0.0114. The average Bonchev–Trinajstić information content (AvgIpc) is 2.38. The highest BCUT2D eigenvalue weighted by atomic mass is 35.5. The fraction of sp³-hybridized carbons (Fsp3) is 0.417. The summed E-state index contributed by atoms with van der Waals surface area (Å²) in [5, 5.41) is 8.99. The Morgan fingerprint density at radius 1 is 1.26 bits per heavy atom. The van der Waals surface area contributed by atoms with Crippen molar-refractivity contribution in [1.82, 2.24) is 14.8 Å². The highest BCUT2D eigenvalue weighted by Gasteiger charge is 2.23. The number of hydrogen-bond donors (Lipinski definition) is 1. The van der Waals surface area contributed by atoms with Gasteiger partial charge in [0.15, 0.2) is 0 Å². The lowest BCUT2D eigenvalue weighted by Crippen LogP contribution is -2.50. The predicted octanol–water partition coefficient (Wildman–Crippen LogP) is 0.577. The summed E-state index contributed by atoms with van der Waals surface area (Å²) in [6, 6.07) is 4.92. The van der Waals surface area contributed by atoms with Gasteiger partial charge < -0.3 is 10.0 Å². The van der Waals surface area contributed by atoms with Gasteiger partial charge in [-0.05, 0) is 12.1 Å². The molecule has 19 heavy (non-hydrogen) atoms. The molecule has 0 bridgehead atoms. The van der Waals surface area contributed by atoms with Crippen LogP contribution in [0.4, 0.5) is 0 Å². The van der Waals surface area contributed by atoms with Gasteiger partial charge in [-0.25, -0.2) is 4.98 Å². The zero-order valence-electron chi connectivity index (χ0n) is 10.3. The molecule has 6 nitrogen and oxygen atoms in total. The summed E-state index contributed by atoms with van der Waals surface area (Å²) in [6.45, 7) is 2.12. The van der Waals surface area contributed by atoms with Gasteiger partial charge in [-0.1, -0.05) is 17.7 Å². The summed E-state index contributed by atoms with van der Waals surface area (Å²) < 4.78 is 0. The molecule has 1 fully saturated rings. The number of rotatable bonds is 3. The van der Waals surface area contributed by atoms with Crippen LogP contribution < -0.4 is 0 Å². The molecule has 1 aromatic rings. The number of carboxylic acids is 1. The van der Waals surface area contributed by atoms with E-state index in [0.29, 0.717) is 31.9 Å². The molecular weight excluding hydrogens is 270 g/mol. The van der Waals surface area contributed by atoms with Gasteiger partial charge >= 0.3 is 5.97 Å². The summed E-state index contributed by atoms with van der Waals surface area (Å²) in [5.74, 6) is -1.02. The number of amides is 1. The Labute approximate surface area is 115 Å². The van der Waals surface area contributed by atoms with E-state index in [1.54, 1.807) is 28.0 Å². The normalized spacial score (nSPS) is 16.4. The van der Waals surface area contributed by atoms with E-state index in [4.69, 9.17) is 16.7 Å². The minimum atomic E-state index is -0.851. The Bertz CT molecular complexity index is 487. The Balaban J connectivity index is 1.94. The molecule has 1 saturated heterocycles. The van der Waals surface area contributed by atoms with Crippen LogP contribution in [0, 0.1) is 0 Å². The monoisotopic (exact) mass is 283 g/mol. The molecule has 2 heterocycles. The van der Waals surface area contributed by atoms with Crippen LogP contribution in [-0.4, -0.2) is 64.5 Å². The second kappa shape index (κ2) is 5.99. The highest BCUT2D eigenvalue weighted by molar-refractivity contribution is 6.29. The van der Waals surface area contributed by atoms with Crippen LogP contribution in [0.2, 0.25) is 5.15 Å². The van der Waals surface area contributed by atoms with E-state index in [0.717, 1.165) is 0 Å². The average molecular weight is 284 g/mol. The SMILES string of the molecule is O=C(O)CN1CCN(C(=O)c2cccc(Cl)n2)CC1. The van der Waals surface area contributed by atoms with Crippen molar-refractivity contribution in [2.24, 2.45) is 0 Å². The molecule has 1 aliphatic rings. The Morgan fingerprint density at radius 3 is 2.53 bits per heavy atom. The molecule has 1 amide bonds. The fourth-order valence-corrected chi connectivity index (χ4v) is 2.15. The van der Waals surface area contributed by atoms with E-state index in [9.17, 15) is 9.59 Å². The van der Waals surface area contributed by atoms with Crippen LogP contribution in [0.25, 0.3) is 0 Å². The summed E-state index contributed by atoms with van der Waals surface area (Å²) in [6.07, 6.45) is 0. The summed E-state index contributed by atoms with van der Waals surface area (Å²) >= 11 is 5.75. The van der Waals surface area contributed by atoms with Crippen molar-refractivity contribution < 1.29 is 14.7 Å². The van der Waals surface area contributed by atoms with Crippen molar-refractivity contribution in [3.8, 4) is 0 Å².